The van der Waals surface area contributed by atoms with Crippen molar-refractivity contribution in [2.45, 2.75) is 26.2 Å². The van der Waals surface area contributed by atoms with Gasteiger partial charge < -0.3 is 14.9 Å². The van der Waals surface area contributed by atoms with Crippen LogP contribution in [0.3, 0.4) is 0 Å². The van der Waals surface area contributed by atoms with E-state index in [2.05, 4.69) is 0 Å². The van der Waals surface area contributed by atoms with Crippen LogP contribution >= 0.6 is 0 Å². The minimum atomic E-state index is -0.923. The summed E-state index contributed by atoms with van der Waals surface area (Å²) in [7, 11) is 0. The molecule has 0 aromatic heterocycles. The number of carbonyl (C=O) groups is 3. The van der Waals surface area contributed by atoms with E-state index in [1.165, 1.54) is 6.92 Å². The second kappa shape index (κ2) is 6.86. The number of carboxylic acids is 1. The Morgan fingerprint density at radius 1 is 1.16 bits per heavy atom. The predicted octanol–water partition coefficient (Wildman–Crippen LogP) is 1.40. The second-order valence-corrected chi connectivity index (χ2v) is 7.16. The molecule has 25 heavy (non-hydrogen) atoms. The van der Waals surface area contributed by atoms with Crippen LogP contribution in [0.15, 0.2) is 30.3 Å². The number of amides is 2. The van der Waals surface area contributed by atoms with Gasteiger partial charge in [0.15, 0.2) is 0 Å². The smallest absolute Gasteiger partial charge is 0.311 e. The minimum Gasteiger partial charge on any atom is -0.481 e. The van der Waals surface area contributed by atoms with E-state index in [0.29, 0.717) is 38.9 Å². The third-order valence-electron chi connectivity index (χ3n) is 5.61. The van der Waals surface area contributed by atoms with Crippen LogP contribution in [0.25, 0.3) is 0 Å². The van der Waals surface area contributed by atoms with E-state index < -0.39 is 11.4 Å². The molecule has 1 N–H and O–H groups in total. The SMILES string of the molecule is CC(=O)N1C[C@@H]2CN(C(=O)Cc3ccccc3)CCC[C@]2(C(=O)O)C1. The predicted molar refractivity (Wildman–Crippen MR) is 91.8 cm³/mol. The molecule has 134 valence electrons. The molecule has 2 aliphatic heterocycles. The standard InChI is InChI=1S/C19H24N2O4/c1-14(22)21-12-16-11-20(9-5-8-19(16,13-21)18(24)25)17(23)10-15-6-3-2-4-7-15/h2-4,6-7,16H,5,8-13H2,1H3,(H,24,25)/t16-,19-/m0/s1. The Labute approximate surface area is 147 Å². The van der Waals surface area contributed by atoms with Crippen LogP contribution in [0.4, 0.5) is 0 Å². The number of fused-ring (bicyclic) bond motifs is 1. The summed E-state index contributed by atoms with van der Waals surface area (Å²) in [6.07, 6.45) is 1.48. The van der Waals surface area contributed by atoms with Gasteiger partial charge in [0.05, 0.1) is 11.8 Å². The quantitative estimate of drug-likeness (QED) is 0.899. The van der Waals surface area contributed by atoms with Crippen LogP contribution in [0, 0.1) is 11.3 Å². The lowest BCUT2D eigenvalue weighted by atomic mass is 9.75. The zero-order chi connectivity index (χ0) is 18.0. The molecule has 3 rings (SSSR count). The summed E-state index contributed by atoms with van der Waals surface area (Å²) in [5.74, 6) is -1.14. The largest absolute Gasteiger partial charge is 0.481 e. The number of likely N-dealkylation sites (tertiary alicyclic amines) is 2. The van der Waals surface area contributed by atoms with E-state index in [1.54, 1.807) is 9.80 Å². The Hall–Kier alpha value is -2.37. The lowest BCUT2D eigenvalue weighted by Gasteiger charge is -2.29. The highest BCUT2D eigenvalue weighted by Gasteiger charge is 2.54. The molecule has 6 nitrogen and oxygen atoms in total. The first-order chi connectivity index (χ1) is 11.9. The number of benzene rings is 1. The summed E-state index contributed by atoms with van der Waals surface area (Å²) in [6.45, 7) is 3.12. The monoisotopic (exact) mass is 344 g/mol. The summed E-state index contributed by atoms with van der Waals surface area (Å²) in [6, 6.07) is 9.56. The van der Waals surface area contributed by atoms with Gasteiger partial charge in [-0.15, -0.1) is 0 Å². The fourth-order valence-corrected chi connectivity index (χ4v) is 4.13. The van der Waals surface area contributed by atoms with Gasteiger partial charge in [-0.25, -0.2) is 0 Å². The fraction of sp³-hybridized carbons (Fsp3) is 0.526. The molecule has 0 radical (unpaired) electrons. The highest BCUT2D eigenvalue weighted by molar-refractivity contribution is 5.81. The summed E-state index contributed by atoms with van der Waals surface area (Å²) in [4.78, 5) is 39.8. The molecule has 2 fully saturated rings. The van der Waals surface area contributed by atoms with Gasteiger partial charge in [0.25, 0.3) is 0 Å². The molecule has 0 unspecified atom stereocenters. The second-order valence-electron chi connectivity index (χ2n) is 7.16. The molecule has 2 heterocycles. The number of hydrogen-bond acceptors (Lipinski definition) is 3. The Bertz CT molecular complexity index is 675. The van der Waals surface area contributed by atoms with Crippen molar-refractivity contribution in [2.24, 2.45) is 11.3 Å². The number of rotatable bonds is 3. The number of hydrogen-bond donors (Lipinski definition) is 1. The molecule has 6 heteroatoms. The number of nitrogens with zero attached hydrogens (tertiary/aromatic N) is 2. The molecule has 0 aliphatic carbocycles. The number of carbonyl (C=O) groups excluding carboxylic acids is 2. The average Bonchev–Trinajstić information content (AvgIpc) is 2.85. The van der Waals surface area contributed by atoms with Gasteiger partial charge in [0.2, 0.25) is 11.8 Å². The van der Waals surface area contributed by atoms with Gasteiger partial charge in [-0.1, -0.05) is 30.3 Å². The number of carboxylic acid groups (broad SMARTS) is 1. The molecule has 0 spiro atoms. The van der Waals surface area contributed by atoms with E-state index in [-0.39, 0.29) is 24.3 Å². The van der Waals surface area contributed by atoms with Crippen LogP contribution in [-0.4, -0.2) is 58.9 Å². The zero-order valence-corrected chi connectivity index (χ0v) is 14.5. The van der Waals surface area contributed by atoms with Gasteiger partial charge in [-0.05, 0) is 18.4 Å². The van der Waals surface area contributed by atoms with Crippen molar-refractivity contribution < 1.29 is 19.5 Å². The molecule has 0 bridgehead atoms. The fourth-order valence-electron chi connectivity index (χ4n) is 4.13. The third-order valence-corrected chi connectivity index (χ3v) is 5.61. The molecule has 2 aliphatic rings. The molecule has 1 aromatic carbocycles. The molecular formula is C19H24N2O4. The number of aliphatic carboxylic acids is 1. The highest BCUT2D eigenvalue weighted by Crippen LogP contribution is 2.43. The molecule has 2 amide bonds. The highest BCUT2D eigenvalue weighted by atomic mass is 16.4. The Balaban J connectivity index is 1.76. The molecule has 1 aromatic rings. The molecular weight excluding hydrogens is 320 g/mol. The van der Waals surface area contributed by atoms with Crippen molar-refractivity contribution in [2.75, 3.05) is 26.2 Å². The summed E-state index contributed by atoms with van der Waals surface area (Å²) < 4.78 is 0. The minimum absolute atomic E-state index is 0.0219. The average molecular weight is 344 g/mol. The van der Waals surface area contributed by atoms with Gasteiger partial charge in [0, 0.05) is 39.0 Å². The van der Waals surface area contributed by atoms with E-state index >= 15 is 0 Å². The van der Waals surface area contributed by atoms with Crippen molar-refractivity contribution in [3.05, 3.63) is 35.9 Å². The van der Waals surface area contributed by atoms with E-state index in [1.807, 2.05) is 30.3 Å². The van der Waals surface area contributed by atoms with Gasteiger partial charge >= 0.3 is 5.97 Å². The Morgan fingerprint density at radius 2 is 1.84 bits per heavy atom. The normalized spacial score (nSPS) is 26.0. The van der Waals surface area contributed by atoms with E-state index in [0.717, 1.165) is 5.56 Å². The molecule has 2 atom stereocenters. The van der Waals surface area contributed by atoms with Crippen molar-refractivity contribution in [3.63, 3.8) is 0 Å². The van der Waals surface area contributed by atoms with Gasteiger partial charge in [0.1, 0.15) is 0 Å². The maximum atomic E-state index is 12.7. The topological polar surface area (TPSA) is 77.9 Å². The van der Waals surface area contributed by atoms with Gasteiger partial charge in [-0.2, -0.15) is 0 Å². The van der Waals surface area contributed by atoms with E-state index in [4.69, 9.17) is 0 Å². The van der Waals surface area contributed by atoms with E-state index in [9.17, 15) is 19.5 Å². The molecule has 2 saturated heterocycles. The maximum Gasteiger partial charge on any atom is 0.311 e. The van der Waals surface area contributed by atoms with Crippen LogP contribution in [0.2, 0.25) is 0 Å². The third kappa shape index (κ3) is 3.38. The summed E-state index contributed by atoms with van der Waals surface area (Å²) in [5, 5.41) is 9.84. The zero-order valence-electron chi connectivity index (χ0n) is 14.5. The first-order valence-corrected chi connectivity index (χ1v) is 8.73. The Morgan fingerprint density at radius 3 is 2.48 bits per heavy atom. The lowest BCUT2D eigenvalue weighted by Crippen LogP contribution is -2.43. The van der Waals surface area contributed by atoms with Crippen LogP contribution < -0.4 is 0 Å². The van der Waals surface area contributed by atoms with Crippen molar-refractivity contribution in [3.8, 4) is 0 Å². The Kier molecular flexibility index (Phi) is 4.79. The van der Waals surface area contributed by atoms with Crippen molar-refractivity contribution >= 4 is 17.8 Å². The lowest BCUT2D eigenvalue weighted by molar-refractivity contribution is -0.151. The van der Waals surface area contributed by atoms with Crippen LogP contribution in [0.1, 0.15) is 25.3 Å². The van der Waals surface area contributed by atoms with Gasteiger partial charge in [-0.3, -0.25) is 14.4 Å². The first kappa shape index (κ1) is 17.5. The van der Waals surface area contributed by atoms with Crippen molar-refractivity contribution in [1.29, 1.82) is 0 Å². The maximum absolute atomic E-state index is 12.7. The summed E-state index contributed by atoms with van der Waals surface area (Å²) in [5.41, 5.74) is 0.0333. The summed E-state index contributed by atoms with van der Waals surface area (Å²) >= 11 is 0. The molecule has 0 saturated carbocycles. The first-order valence-electron chi connectivity index (χ1n) is 8.73. The van der Waals surface area contributed by atoms with Crippen LogP contribution in [0.5, 0.6) is 0 Å². The van der Waals surface area contributed by atoms with Crippen LogP contribution in [-0.2, 0) is 20.8 Å². The van der Waals surface area contributed by atoms with Crippen molar-refractivity contribution in [1.82, 2.24) is 9.80 Å².